The molecule has 1 unspecified atom stereocenters. The minimum Gasteiger partial charge on any atom is -0.393 e. The molecular weight excluding hydrogens is 194 g/mol. The molecule has 0 spiro atoms. The van der Waals surface area contributed by atoms with E-state index >= 15 is 0 Å². The van der Waals surface area contributed by atoms with Crippen LogP contribution in [-0.4, -0.2) is 4.92 Å². The third-order valence-electron chi connectivity index (χ3n) is 2.39. The van der Waals surface area contributed by atoms with Crippen LogP contribution in [0, 0.1) is 10.1 Å². The van der Waals surface area contributed by atoms with Gasteiger partial charge in [0.05, 0.1) is 4.92 Å². The maximum atomic E-state index is 10.7. The van der Waals surface area contributed by atoms with E-state index in [1.54, 1.807) is 13.0 Å². The molecule has 0 aliphatic carbocycles. The first-order chi connectivity index (χ1) is 6.99. The molecule has 0 aliphatic rings. The van der Waals surface area contributed by atoms with Crippen LogP contribution >= 0.6 is 0 Å². The minimum absolute atomic E-state index is 0.0699. The average Bonchev–Trinajstić information content (AvgIpc) is 2.15. The lowest BCUT2D eigenvalue weighted by Gasteiger charge is -2.14. The molecule has 1 rings (SSSR count). The summed E-state index contributed by atoms with van der Waals surface area (Å²) in [6, 6.07) is 2.85. The molecule has 1 atom stereocenters. The molecule has 82 valence electrons. The van der Waals surface area contributed by atoms with Crippen molar-refractivity contribution >= 4 is 11.4 Å². The number of nitrogens with two attached hydrogens (primary N) is 2. The normalized spacial score (nSPS) is 12.5. The fourth-order valence-corrected chi connectivity index (χ4v) is 1.68. The quantitative estimate of drug-likeness (QED) is 0.450. The average molecular weight is 209 g/mol. The van der Waals surface area contributed by atoms with E-state index in [4.69, 9.17) is 11.5 Å². The van der Waals surface area contributed by atoms with E-state index in [0.29, 0.717) is 5.56 Å². The number of benzene rings is 1. The lowest BCUT2D eigenvalue weighted by Crippen LogP contribution is -2.12. The van der Waals surface area contributed by atoms with Crippen LogP contribution in [0.25, 0.3) is 0 Å². The number of aryl methyl sites for hydroxylation is 1. The van der Waals surface area contributed by atoms with Crippen molar-refractivity contribution in [3.05, 3.63) is 33.4 Å². The predicted octanol–water partition coefficient (Wildman–Crippen LogP) is 1.76. The zero-order valence-electron chi connectivity index (χ0n) is 8.86. The summed E-state index contributed by atoms with van der Waals surface area (Å²) in [5.74, 6) is 0. The highest BCUT2D eigenvalue weighted by Gasteiger charge is 2.19. The molecule has 0 amide bonds. The largest absolute Gasteiger partial charge is 0.393 e. The van der Waals surface area contributed by atoms with Gasteiger partial charge in [-0.3, -0.25) is 10.1 Å². The Morgan fingerprint density at radius 1 is 1.53 bits per heavy atom. The first-order valence-corrected chi connectivity index (χ1v) is 4.80. The topological polar surface area (TPSA) is 95.2 Å². The fraction of sp³-hybridized carbons (Fsp3) is 0.400. The molecule has 0 radical (unpaired) electrons. The second kappa shape index (κ2) is 4.27. The van der Waals surface area contributed by atoms with E-state index < -0.39 is 4.92 Å². The van der Waals surface area contributed by atoms with Crippen LogP contribution in [0.4, 0.5) is 11.4 Å². The van der Waals surface area contributed by atoms with Crippen LogP contribution in [0.3, 0.4) is 0 Å². The monoisotopic (exact) mass is 209 g/mol. The van der Waals surface area contributed by atoms with Gasteiger partial charge >= 0.3 is 0 Å². The number of rotatable bonds is 3. The van der Waals surface area contributed by atoms with E-state index in [0.717, 1.165) is 12.0 Å². The van der Waals surface area contributed by atoms with Gasteiger partial charge in [0.2, 0.25) is 0 Å². The minimum atomic E-state index is -0.485. The zero-order chi connectivity index (χ0) is 11.6. The molecule has 4 N–H and O–H groups in total. The summed E-state index contributed by atoms with van der Waals surface area (Å²) in [5.41, 5.74) is 13.3. The summed E-state index contributed by atoms with van der Waals surface area (Å²) in [6.45, 7) is 3.74. The first-order valence-electron chi connectivity index (χ1n) is 4.80. The van der Waals surface area contributed by atoms with Crippen molar-refractivity contribution in [3.8, 4) is 0 Å². The predicted molar refractivity (Wildman–Crippen MR) is 59.5 cm³/mol. The van der Waals surface area contributed by atoms with Gasteiger partial charge in [-0.1, -0.05) is 13.0 Å². The second-order valence-electron chi connectivity index (χ2n) is 3.47. The van der Waals surface area contributed by atoms with Gasteiger partial charge in [0, 0.05) is 17.7 Å². The molecule has 0 aliphatic heterocycles. The molecular formula is C10H15N3O2. The van der Waals surface area contributed by atoms with Crippen LogP contribution in [0.1, 0.15) is 31.0 Å². The number of nitro benzene ring substituents is 1. The number of nitrogen functional groups attached to an aromatic ring is 1. The maximum absolute atomic E-state index is 10.7. The van der Waals surface area contributed by atoms with Gasteiger partial charge < -0.3 is 11.5 Å². The van der Waals surface area contributed by atoms with Crippen LogP contribution in [0.15, 0.2) is 12.1 Å². The van der Waals surface area contributed by atoms with Crippen molar-refractivity contribution in [2.75, 3.05) is 5.73 Å². The fourth-order valence-electron chi connectivity index (χ4n) is 1.68. The highest BCUT2D eigenvalue weighted by atomic mass is 16.6. The first kappa shape index (κ1) is 11.5. The van der Waals surface area contributed by atoms with Gasteiger partial charge in [0.15, 0.2) is 0 Å². The van der Waals surface area contributed by atoms with Gasteiger partial charge in [-0.25, -0.2) is 0 Å². The van der Waals surface area contributed by atoms with Gasteiger partial charge in [-0.2, -0.15) is 0 Å². The molecule has 0 heterocycles. The Morgan fingerprint density at radius 2 is 2.13 bits per heavy atom. The summed E-state index contributed by atoms with van der Waals surface area (Å²) < 4.78 is 0. The molecule has 0 saturated heterocycles. The smallest absolute Gasteiger partial charge is 0.292 e. The molecule has 0 fully saturated rings. The molecule has 1 aromatic carbocycles. The van der Waals surface area contributed by atoms with Gasteiger partial charge in [-0.05, 0) is 18.9 Å². The van der Waals surface area contributed by atoms with Crippen molar-refractivity contribution in [1.29, 1.82) is 0 Å². The Balaban J connectivity index is 3.42. The number of hydrogen-bond acceptors (Lipinski definition) is 4. The van der Waals surface area contributed by atoms with Crippen LogP contribution in [0.2, 0.25) is 0 Å². The number of nitrogens with zero attached hydrogens (tertiary/aromatic N) is 1. The van der Waals surface area contributed by atoms with Crippen molar-refractivity contribution in [2.45, 2.75) is 26.3 Å². The van der Waals surface area contributed by atoms with Crippen molar-refractivity contribution in [1.82, 2.24) is 0 Å². The molecule has 5 heteroatoms. The summed E-state index contributed by atoms with van der Waals surface area (Å²) in [7, 11) is 0. The number of hydrogen-bond donors (Lipinski definition) is 2. The standard InChI is InChI=1S/C10H15N3O2/c1-3-7-4-5-8(13(14)15)10(12)9(7)6(2)11/h4-6H,3,11-12H2,1-2H3. The van der Waals surface area contributed by atoms with Crippen LogP contribution < -0.4 is 11.5 Å². The van der Waals surface area contributed by atoms with Crippen LogP contribution in [-0.2, 0) is 6.42 Å². The van der Waals surface area contributed by atoms with Gasteiger partial charge in [-0.15, -0.1) is 0 Å². The third kappa shape index (κ3) is 2.07. The summed E-state index contributed by atoms with van der Waals surface area (Å²) in [5, 5.41) is 10.7. The summed E-state index contributed by atoms with van der Waals surface area (Å²) in [4.78, 5) is 10.2. The molecule has 0 saturated carbocycles. The molecule has 15 heavy (non-hydrogen) atoms. The number of nitro groups is 1. The summed E-state index contributed by atoms with van der Waals surface area (Å²) >= 11 is 0. The van der Waals surface area contributed by atoms with Gasteiger partial charge in [0.1, 0.15) is 5.69 Å². The van der Waals surface area contributed by atoms with Crippen molar-refractivity contribution < 1.29 is 4.92 Å². The maximum Gasteiger partial charge on any atom is 0.292 e. The second-order valence-corrected chi connectivity index (χ2v) is 3.47. The molecule has 5 nitrogen and oxygen atoms in total. The molecule has 0 aromatic heterocycles. The van der Waals surface area contributed by atoms with E-state index in [1.807, 2.05) is 6.92 Å². The van der Waals surface area contributed by atoms with Gasteiger partial charge in [0.25, 0.3) is 5.69 Å². The Labute approximate surface area is 88.2 Å². The van der Waals surface area contributed by atoms with Crippen molar-refractivity contribution in [3.63, 3.8) is 0 Å². The lowest BCUT2D eigenvalue weighted by molar-refractivity contribution is -0.384. The SMILES string of the molecule is CCc1ccc([N+](=O)[O-])c(N)c1C(C)N. The summed E-state index contributed by atoms with van der Waals surface area (Å²) in [6.07, 6.45) is 0.763. The van der Waals surface area contributed by atoms with Crippen molar-refractivity contribution in [2.24, 2.45) is 5.73 Å². The van der Waals surface area contributed by atoms with E-state index in [-0.39, 0.29) is 17.4 Å². The van der Waals surface area contributed by atoms with E-state index in [1.165, 1.54) is 6.07 Å². The Morgan fingerprint density at radius 3 is 2.53 bits per heavy atom. The Kier molecular flexibility index (Phi) is 3.26. The number of anilines is 1. The Bertz CT molecular complexity index is 388. The molecule has 0 bridgehead atoms. The Hall–Kier alpha value is -1.62. The highest BCUT2D eigenvalue weighted by Crippen LogP contribution is 2.31. The van der Waals surface area contributed by atoms with Crippen LogP contribution in [0.5, 0.6) is 0 Å². The molecule has 1 aromatic rings. The third-order valence-corrected chi connectivity index (χ3v) is 2.39. The zero-order valence-corrected chi connectivity index (χ0v) is 8.86. The van der Waals surface area contributed by atoms with E-state index in [2.05, 4.69) is 0 Å². The lowest BCUT2D eigenvalue weighted by atomic mass is 9.97. The van der Waals surface area contributed by atoms with E-state index in [9.17, 15) is 10.1 Å². The highest BCUT2D eigenvalue weighted by molar-refractivity contribution is 5.66.